The van der Waals surface area contributed by atoms with E-state index in [-0.39, 0.29) is 11.2 Å². The van der Waals surface area contributed by atoms with E-state index >= 15 is 0 Å². The Morgan fingerprint density at radius 3 is 0.958 bits per heavy atom. The summed E-state index contributed by atoms with van der Waals surface area (Å²) in [5.41, 5.74) is 1.59. The second-order valence-corrected chi connectivity index (χ2v) is 11.4. The second-order valence-electron chi connectivity index (χ2n) is 11.4. The van der Waals surface area contributed by atoms with Gasteiger partial charge < -0.3 is 9.47 Å². The van der Waals surface area contributed by atoms with Crippen molar-refractivity contribution in [1.82, 2.24) is 0 Å². The molecule has 2 atom stereocenters. The first kappa shape index (κ1) is 14.0. The molecule has 7 aliphatic carbocycles. The Bertz CT molecular complexity index is 496. The topological polar surface area (TPSA) is 18.5 Å². The van der Waals surface area contributed by atoms with Crippen LogP contribution < -0.4 is 0 Å². The van der Waals surface area contributed by atoms with Crippen molar-refractivity contribution in [2.45, 2.75) is 76.4 Å². The van der Waals surface area contributed by atoms with Gasteiger partial charge in [-0.1, -0.05) is 0 Å². The summed E-state index contributed by atoms with van der Waals surface area (Å²) >= 11 is 0. The van der Waals surface area contributed by atoms with Crippen molar-refractivity contribution >= 4 is 0 Å². The van der Waals surface area contributed by atoms with Gasteiger partial charge in [-0.25, -0.2) is 0 Å². The van der Waals surface area contributed by atoms with Crippen molar-refractivity contribution in [3.8, 4) is 0 Å². The minimum atomic E-state index is 0.237. The molecule has 0 aromatic carbocycles. The zero-order chi connectivity index (χ0) is 15.9. The molecule has 8 bridgehead atoms. The predicted molar refractivity (Wildman–Crippen MR) is 91.5 cm³/mol. The van der Waals surface area contributed by atoms with Crippen LogP contribution in [0.3, 0.4) is 0 Å². The molecule has 2 heteroatoms. The Morgan fingerprint density at radius 1 is 0.542 bits per heavy atom. The molecule has 2 unspecified atom stereocenters. The van der Waals surface area contributed by atoms with E-state index in [0.717, 1.165) is 48.7 Å². The largest absolute Gasteiger partial charge is 0.375 e. The highest BCUT2D eigenvalue weighted by Crippen LogP contribution is 2.80. The van der Waals surface area contributed by atoms with Gasteiger partial charge >= 0.3 is 0 Å². The van der Waals surface area contributed by atoms with Crippen LogP contribution in [0, 0.1) is 46.3 Å². The molecule has 0 spiro atoms. The molecule has 0 aromatic rings. The maximum Gasteiger partial charge on any atom is 0.0732 e. The summed E-state index contributed by atoms with van der Waals surface area (Å²) < 4.78 is 12.5. The van der Waals surface area contributed by atoms with Crippen LogP contribution >= 0.6 is 0 Å². The molecule has 132 valence electrons. The molecular formula is C22H32O2. The van der Waals surface area contributed by atoms with E-state index in [1.54, 1.807) is 0 Å². The minimum absolute atomic E-state index is 0.237. The van der Waals surface area contributed by atoms with Gasteiger partial charge in [0.15, 0.2) is 0 Å². The molecule has 9 aliphatic rings. The van der Waals surface area contributed by atoms with Crippen molar-refractivity contribution in [1.29, 1.82) is 0 Å². The van der Waals surface area contributed by atoms with Crippen molar-refractivity contribution < 1.29 is 9.47 Å². The van der Waals surface area contributed by atoms with Crippen molar-refractivity contribution in [2.75, 3.05) is 13.2 Å². The molecule has 9 rings (SSSR count). The van der Waals surface area contributed by atoms with Crippen LogP contribution in [0.2, 0.25) is 0 Å². The van der Waals surface area contributed by atoms with Crippen LogP contribution in [0.15, 0.2) is 0 Å². The lowest BCUT2D eigenvalue weighted by atomic mass is 9.27. The monoisotopic (exact) mass is 328 g/mol. The standard InChI is InChI=1S/C22H32O2/c1-19(3-5-23-19)21-7-13-16-10-22(20(2)4-6-24-20)11-17(13)15(9-21)18(12-22)14(16)8-21/h13-18H,3-12H2,1-2H3. The number of hydrogen-bond donors (Lipinski definition) is 0. The van der Waals surface area contributed by atoms with Crippen molar-refractivity contribution in [3.05, 3.63) is 0 Å². The predicted octanol–water partition coefficient (Wildman–Crippen LogP) is 4.42. The molecule has 0 amide bonds. The van der Waals surface area contributed by atoms with E-state index in [1.165, 1.54) is 51.4 Å². The van der Waals surface area contributed by atoms with E-state index < -0.39 is 0 Å². The van der Waals surface area contributed by atoms with Crippen LogP contribution in [0.4, 0.5) is 0 Å². The summed E-state index contributed by atoms with van der Waals surface area (Å²) in [6, 6.07) is 0. The normalized spacial score (nSPS) is 71.2. The first-order chi connectivity index (χ1) is 11.5. The Balaban J connectivity index is 1.30. The Morgan fingerprint density at radius 2 is 0.792 bits per heavy atom. The molecule has 0 radical (unpaired) electrons. The first-order valence-corrected chi connectivity index (χ1v) is 10.8. The van der Waals surface area contributed by atoms with Gasteiger partial charge in [0.2, 0.25) is 0 Å². The minimum Gasteiger partial charge on any atom is -0.375 e. The lowest BCUT2D eigenvalue weighted by Crippen LogP contribution is -2.75. The van der Waals surface area contributed by atoms with Crippen LogP contribution in [0.25, 0.3) is 0 Å². The fraction of sp³-hybridized carbons (Fsp3) is 1.00. The maximum atomic E-state index is 6.25. The number of rotatable bonds is 2. The SMILES string of the molecule is CC1(C23CC4C5CC6(C7(C)CCO7)CC4C(C2)C(C6)C5C3)CCO1. The van der Waals surface area contributed by atoms with Gasteiger partial charge in [-0.05, 0) is 87.9 Å². The van der Waals surface area contributed by atoms with E-state index in [1.807, 2.05) is 0 Å². The van der Waals surface area contributed by atoms with Gasteiger partial charge in [0.05, 0.1) is 24.4 Å². The Labute approximate surface area is 146 Å². The fourth-order valence-corrected chi connectivity index (χ4v) is 9.88. The number of ether oxygens (including phenoxy) is 2. The van der Waals surface area contributed by atoms with E-state index in [2.05, 4.69) is 13.8 Å². The Hall–Kier alpha value is -0.0800. The molecule has 0 aromatic heterocycles. The average Bonchev–Trinajstić information content (AvgIpc) is 2.54. The highest BCUT2D eigenvalue weighted by Gasteiger charge is 2.76. The molecule has 2 aliphatic heterocycles. The third-order valence-corrected chi connectivity index (χ3v) is 11.3. The highest BCUT2D eigenvalue weighted by molar-refractivity contribution is 5.25. The Kier molecular flexibility index (Phi) is 2.22. The van der Waals surface area contributed by atoms with Crippen LogP contribution in [-0.2, 0) is 9.47 Å². The smallest absolute Gasteiger partial charge is 0.0732 e. The molecule has 2 saturated heterocycles. The van der Waals surface area contributed by atoms with Gasteiger partial charge in [-0.3, -0.25) is 0 Å². The fourth-order valence-electron chi connectivity index (χ4n) is 9.88. The van der Waals surface area contributed by atoms with Gasteiger partial charge in [-0.15, -0.1) is 0 Å². The lowest BCUT2D eigenvalue weighted by Gasteiger charge is -2.79. The molecule has 7 saturated carbocycles. The van der Waals surface area contributed by atoms with Gasteiger partial charge in [-0.2, -0.15) is 0 Å². The summed E-state index contributed by atoms with van der Waals surface area (Å²) in [6.07, 6.45) is 11.7. The third kappa shape index (κ3) is 1.24. The summed E-state index contributed by atoms with van der Waals surface area (Å²) in [5, 5.41) is 0. The second kappa shape index (κ2) is 3.79. The van der Waals surface area contributed by atoms with E-state index in [9.17, 15) is 0 Å². The summed E-state index contributed by atoms with van der Waals surface area (Å²) in [4.78, 5) is 0. The maximum absolute atomic E-state index is 6.25. The number of hydrogen-bond acceptors (Lipinski definition) is 2. The van der Waals surface area contributed by atoms with Crippen molar-refractivity contribution in [2.24, 2.45) is 46.3 Å². The first-order valence-electron chi connectivity index (χ1n) is 10.8. The lowest BCUT2D eigenvalue weighted by molar-refractivity contribution is -0.347. The molecule has 2 nitrogen and oxygen atoms in total. The van der Waals surface area contributed by atoms with Crippen LogP contribution in [0.5, 0.6) is 0 Å². The molecule has 2 heterocycles. The van der Waals surface area contributed by atoms with Gasteiger partial charge in [0.25, 0.3) is 0 Å². The quantitative estimate of drug-likeness (QED) is 0.747. The zero-order valence-electron chi connectivity index (χ0n) is 15.4. The zero-order valence-corrected chi connectivity index (χ0v) is 15.4. The summed E-state index contributed by atoms with van der Waals surface area (Å²) in [6.45, 7) is 6.97. The highest BCUT2D eigenvalue weighted by atomic mass is 16.5. The summed E-state index contributed by atoms with van der Waals surface area (Å²) in [5.74, 6) is 6.23. The van der Waals surface area contributed by atoms with E-state index in [0.29, 0.717) is 10.8 Å². The molecular weight excluding hydrogens is 296 g/mol. The molecule has 9 fully saturated rings. The van der Waals surface area contributed by atoms with Crippen LogP contribution in [0.1, 0.15) is 65.2 Å². The van der Waals surface area contributed by atoms with E-state index in [4.69, 9.17) is 9.47 Å². The van der Waals surface area contributed by atoms with Gasteiger partial charge in [0, 0.05) is 23.7 Å². The average molecular weight is 328 g/mol. The summed E-state index contributed by atoms with van der Waals surface area (Å²) in [7, 11) is 0. The van der Waals surface area contributed by atoms with Crippen molar-refractivity contribution in [3.63, 3.8) is 0 Å². The van der Waals surface area contributed by atoms with Crippen LogP contribution in [-0.4, -0.2) is 24.4 Å². The molecule has 0 N–H and O–H groups in total. The third-order valence-electron chi connectivity index (χ3n) is 11.3. The van der Waals surface area contributed by atoms with Gasteiger partial charge in [0.1, 0.15) is 0 Å². The molecule has 24 heavy (non-hydrogen) atoms.